The minimum atomic E-state index is -0.300. The van der Waals surface area contributed by atoms with Gasteiger partial charge in [0.05, 0.1) is 17.7 Å². The van der Waals surface area contributed by atoms with Gasteiger partial charge < -0.3 is 14.3 Å². The lowest BCUT2D eigenvalue weighted by atomic mass is 9.85. The predicted octanol–water partition coefficient (Wildman–Crippen LogP) is 2.36. The van der Waals surface area contributed by atoms with E-state index in [1.54, 1.807) is 6.20 Å². The van der Waals surface area contributed by atoms with E-state index in [1.807, 2.05) is 23.1 Å². The van der Waals surface area contributed by atoms with E-state index in [2.05, 4.69) is 20.0 Å². The third-order valence-electron chi connectivity index (χ3n) is 6.20. The van der Waals surface area contributed by atoms with Crippen LogP contribution in [0.2, 0.25) is 0 Å². The van der Waals surface area contributed by atoms with Crippen LogP contribution >= 0.6 is 0 Å². The van der Waals surface area contributed by atoms with Crippen molar-refractivity contribution in [2.45, 2.75) is 44.6 Å². The number of rotatable bonds is 4. The fraction of sp³-hybridized carbons (Fsp3) is 0.579. The van der Waals surface area contributed by atoms with Gasteiger partial charge in [-0.05, 0) is 43.0 Å². The molecular weight excluding hydrogens is 330 g/mol. The first kappa shape index (κ1) is 15.8. The molecule has 1 unspecified atom stereocenters. The fourth-order valence-electron chi connectivity index (χ4n) is 4.33. The summed E-state index contributed by atoms with van der Waals surface area (Å²) in [6.07, 6.45) is 7.06. The highest BCUT2D eigenvalue weighted by Crippen LogP contribution is 2.42. The van der Waals surface area contributed by atoms with Crippen molar-refractivity contribution in [3.05, 3.63) is 36.0 Å². The van der Waals surface area contributed by atoms with Crippen molar-refractivity contribution in [1.29, 1.82) is 0 Å². The number of amides is 1. The van der Waals surface area contributed by atoms with Crippen molar-refractivity contribution in [3.8, 4) is 0 Å². The summed E-state index contributed by atoms with van der Waals surface area (Å²) in [5.41, 5.74) is 0.641. The summed E-state index contributed by atoms with van der Waals surface area (Å²) < 4.78 is 5.45. The van der Waals surface area contributed by atoms with Crippen LogP contribution in [0.15, 0.2) is 28.9 Å². The lowest BCUT2D eigenvalue weighted by Gasteiger charge is -2.23. The molecular formula is C19H23N5O2. The number of carbonyl (C=O) groups is 1. The van der Waals surface area contributed by atoms with Gasteiger partial charge in [0.15, 0.2) is 0 Å². The molecule has 0 aromatic carbocycles. The van der Waals surface area contributed by atoms with E-state index < -0.39 is 0 Å². The summed E-state index contributed by atoms with van der Waals surface area (Å²) in [6, 6.07) is 5.83. The van der Waals surface area contributed by atoms with Crippen LogP contribution in [0, 0.1) is 5.41 Å². The number of aromatic nitrogens is 3. The Morgan fingerprint density at radius 1 is 1.23 bits per heavy atom. The molecule has 5 rings (SSSR count). The maximum Gasteiger partial charge on any atom is 0.266 e. The maximum atomic E-state index is 13.1. The minimum absolute atomic E-state index is 0.244. The SMILES string of the molecule is O=C1N(Cc2ccccn2)CCC12CCN(c1noc(C3CCC3)n1)C2. The summed E-state index contributed by atoms with van der Waals surface area (Å²) in [5, 5.41) is 4.17. The predicted molar refractivity (Wildman–Crippen MR) is 94.4 cm³/mol. The number of anilines is 1. The lowest BCUT2D eigenvalue weighted by Crippen LogP contribution is -2.37. The third-order valence-corrected chi connectivity index (χ3v) is 6.20. The number of hydrogen-bond acceptors (Lipinski definition) is 6. The standard InChI is InChI=1S/C19H23N5O2/c25-17-19(7-10-23(17)12-15-6-1-2-9-20-15)8-11-24(13-19)18-21-16(26-22-18)14-4-3-5-14/h1-2,6,9,14H,3-5,7-8,10-13H2. The third kappa shape index (κ3) is 2.57. The van der Waals surface area contributed by atoms with Gasteiger partial charge in [-0.15, -0.1) is 0 Å². The van der Waals surface area contributed by atoms with Crippen LogP contribution in [-0.2, 0) is 11.3 Å². The Morgan fingerprint density at radius 2 is 2.12 bits per heavy atom. The van der Waals surface area contributed by atoms with Crippen LogP contribution in [-0.4, -0.2) is 45.6 Å². The number of likely N-dealkylation sites (tertiary alicyclic amines) is 1. The molecule has 2 aliphatic heterocycles. The molecule has 7 nitrogen and oxygen atoms in total. The molecule has 1 atom stereocenters. The van der Waals surface area contributed by atoms with Crippen LogP contribution < -0.4 is 4.90 Å². The topological polar surface area (TPSA) is 75.4 Å². The second-order valence-corrected chi connectivity index (χ2v) is 7.81. The van der Waals surface area contributed by atoms with Crippen molar-refractivity contribution in [2.24, 2.45) is 5.41 Å². The lowest BCUT2D eigenvalue weighted by molar-refractivity contribution is -0.135. The highest BCUT2D eigenvalue weighted by Gasteiger charge is 2.51. The zero-order valence-electron chi connectivity index (χ0n) is 14.8. The molecule has 2 aromatic rings. The molecule has 2 aromatic heterocycles. The zero-order chi connectivity index (χ0) is 17.6. The Balaban J connectivity index is 1.27. The van der Waals surface area contributed by atoms with E-state index in [-0.39, 0.29) is 11.3 Å². The van der Waals surface area contributed by atoms with Crippen LogP contribution in [0.1, 0.15) is 49.6 Å². The second-order valence-electron chi connectivity index (χ2n) is 7.81. The molecule has 3 fully saturated rings. The van der Waals surface area contributed by atoms with E-state index in [4.69, 9.17) is 4.52 Å². The van der Waals surface area contributed by atoms with Gasteiger partial charge in [0.2, 0.25) is 11.8 Å². The molecule has 1 saturated carbocycles. The first-order valence-corrected chi connectivity index (χ1v) is 9.51. The normalized spacial score (nSPS) is 26.1. The zero-order valence-corrected chi connectivity index (χ0v) is 14.8. The summed E-state index contributed by atoms with van der Waals surface area (Å²) >= 11 is 0. The molecule has 3 aliphatic rings. The second kappa shape index (κ2) is 6.07. The summed E-state index contributed by atoms with van der Waals surface area (Å²) in [6.45, 7) is 2.89. The van der Waals surface area contributed by atoms with E-state index >= 15 is 0 Å². The van der Waals surface area contributed by atoms with Gasteiger partial charge in [-0.25, -0.2) is 0 Å². The molecule has 26 heavy (non-hydrogen) atoms. The fourth-order valence-corrected chi connectivity index (χ4v) is 4.33. The van der Waals surface area contributed by atoms with Crippen LogP contribution in [0.4, 0.5) is 5.95 Å². The van der Waals surface area contributed by atoms with Gasteiger partial charge in [-0.2, -0.15) is 4.98 Å². The summed E-state index contributed by atoms with van der Waals surface area (Å²) in [5.74, 6) is 2.10. The Bertz CT molecular complexity index is 803. The quantitative estimate of drug-likeness (QED) is 0.840. The Morgan fingerprint density at radius 3 is 2.88 bits per heavy atom. The molecule has 0 radical (unpaired) electrons. The highest BCUT2D eigenvalue weighted by molar-refractivity contribution is 5.86. The van der Waals surface area contributed by atoms with Crippen LogP contribution in [0.3, 0.4) is 0 Å². The van der Waals surface area contributed by atoms with Crippen LogP contribution in [0.5, 0.6) is 0 Å². The number of nitrogens with zero attached hydrogens (tertiary/aromatic N) is 5. The molecule has 1 spiro atoms. The number of pyridine rings is 1. The van der Waals surface area contributed by atoms with E-state index in [0.717, 1.165) is 50.4 Å². The number of hydrogen-bond donors (Lipinski definition) is 0. The van der Waals surface area contributed by atoms with Gasteiger partial charge in [-0.1, -0.05) is 12.5 Å². The van der Waals surface area contributed by atoms with Gasteiger partial charge in [0.1, 0.15) is 0 Å². The molecule has 136 valence electrons. The highest BCUT2D eigenvalue weighted by atomic mass is 16.5. The Hall–Kier alpha value is -2.44. The molecule has 4 heterocycles. The summed E-state index contributed by atoms with van der Waals surface area (Å²) in [4.78, 5) is 26.1. The Kier molecular flexibility index (Phi) is 3.69. The van der Waals surface area contributed by atoms with Crippen LogP contribution in [0.25, 0.3) is 0 Å². The smallest absolute Gasteiger partial charge is 0.266 e. The molecule has 0 bridgehead atoms. The largest absolute Gasteiger partial charge is 0.337 e. The van der Waals surface area contributed by atoms with E-state index in [1.165, 1.54) is 6.42 Å². The van der Waals surface area contributed by atoms with Crippen molar-refractivity contribution < 1.29 is 9.32 Å². The average molecular weight is 353 g/mol. The molecule has 1 amide bonds. The summed E-state index contributed by atoms with van der Waals surface area (Å²) in [7, 11) is 0. The Labute approximate surface area is 152 Å². The average Bonchev–Trinajstić information content (AvgIpc) is 3.31. The maximum absolute atomic E-state index is 13.1. The van der Waals surface area contributed by atoms with Crippen molar-refractivity contribution >= 4 is 11.9 Å². The van der Waals surface area contributed by atoms with Gasteiger partial charge >= 0.3 is 0 Å². The monoisotopic (exact) mass is 353 g/mol. The molecule has 2 saturated heterocycles. The first-order chi connectivity index (χ1) is 12.7. The van der Waals surface area contributed by atoms with E-state index in [0.29, 0.717) is 25.0 Å². The van der Waals surface area contributed by atoms with Crippen molar-refractivity contribution in [1.82, 2.24) is 20.0 Å². The van der Waals surface area contributed by atoms with E-state index in [9.17, 15) is 4.79 Å². The molecule has 1 aliphatic carbocycles. The first-order valence-electron chi connectivity index (χ1n) is 9.51. The number of carbonyl (C=O) groups excluding carboxylic acids is 1. The van der Waals surface area contributed by atoms with Crippen molar-refractivity contribution in [3.63, 3.8) is 0 Å². The molecule has 0 N–H and O–H groups in total. The molecule has 7 heteroatoms. The van der Waals surface area contributed by atoms with Crippen molar-refractivity contribution in [2.75, 3.05) is 24.5 Å². The van der Waals surface area contributed by atoms with Gasteiger partial charge in [0.25, 0.3) is 5.95 Å². The van der Waals surface area contributed by atoms with Gasteiger partial charge in [0, 0.05) is 31.7 Å². The minimum Gasteiger partial charge on any atom is -0.337 e. The van der Waals surface area contributed by atoms with Gasteiger partial charge in [-0.3, -0.25) is 9.78 Å².